The van der Waals surface area contributed by atoms with Gasteiger partial charge in [0, 0.05) is 11.1 Å². The van der Waals surface area contributed by atoms with Crippen molar-refractivity contribution in [2.24, 2.45) is 0 Å². The molecule has 0 saturated carbocycles. The summed E-state index contributed by atoms with van der Waals surface area (Å²) in [5.74, 6) is -18.2. The summed E-state index contributed by atoms with van der Waals surface area (Å²) in [6, 6.07) is 5.40. The first-order chi connectivity index (χ1) is 16.0. The third-order valence-corrected chi connectivity index (χ3v) is 5.50. The van der Waals surface area contributed by atoms with E-state index in [2.05, 4.69) is 0 Å². The second-order valence-corrected chi connectivity index (χ2v) is 7.40. The molecule has 34 heavy (non-hydrogen) atoms. The summed E-state index contributed by atoms with van der Waals surface area (Å²) < 4.78 is 129. The van der Waals surface area contributed by atoms with Gasteiger partial charge >= 0.3 is 11.8 Å². The van der Waals surface area contributed by atoms with Crippen molar-refractivity contribution >= 4 is 0 Å². The van der Waals surface area contributed by atoms with Crippen molar-refractivity contribution < 1.29 is 44.6 Å². The molecule has 0 spiro atoms. The van der Waals surface area contributed by atoms with Crippen molar-refractivity contribution in [1.82, 2.24) is 0 Å². The predicted molar refractivity (Wildman–Crippen MR) is 107 cm³/mol. The molecule has 1 aliphatic rings. The number of alkyl halides is 4. The van der Waals surface area contributed by atoms with Crippen molar-refractivity contribution in [1.29, 1.82) is 0 Å². The van der Waals surface area contributed by atoms with Crippen LogP contribution in [0.5, 0.6) is 11.5 Å². The average Bonchev–Trinajstić information content (AvgIpc) is 2.77. The van der Waals surface area contributed by atoms with Gasteiger partial charge in [-0.1, -0.05) is 12.1 Å². The van der Waals surface area contributed by atoms with Crippen LogP contribution in [0.15, 0.2) is 36.4 Å². The van der Waals surface area contributed by atoms with Gasteiger partial charge in [0.25, 0.3) is 0 Å². The molecule has 0 atom stereocenters. The van der Waals surface area contributed by atoms with Gasteiger partial charge in [0.2, 0.25) is 5.82 Å². The summed E-state index contributed by atoms with van der Waals surface area (Å²) in [4.78, 5) is 0. The Hall–Kier alpha value is -3.30. The Morgan fingerprint density at radius 1 is 0.529 bits per heavy atom. The fourth-order valence-corrected chi connectivity index (χ4v) is 3.99. The number of fused-ring (bicyclic) bond motifs is 3. The van der Waals surface area contributed by atoms with E-state index in [9.17, 15) is 22.0 Å². The Morgan fingerprint density at radius 2 is 0.912 bits per heavy atom. The Balaban J connectivity index is 2.00. The molecule has 0 bridgehead atoms. The molecule has 0 aromatic heterocycles. The maximum Gasteiger partial charge on any atom is 0.343 e. The molecular formula is C24H16F8O2. The van der Waals surface area contributed by atoms with Crippen LogP contribution in [0.2, 0.25) is 0 Å². The van der Waals surface area contributed by atoms with Crippen LogP contribution < -0.4 is 9.47 Å². The topological polar surface area (TPSA) is 18.5 Å². The van der Waals surface area contributed by atoms with E-state index >= 15 is 13.2 Å². The lowest BCUT2D eigenvalue weighted by molar-refractivity contribution is -0.227. The van der Waals surface area contributed by atoms with Gasteiger partial charge in [-0.15, -0.1) is 0 Å². The maximum atomic E-state index is 15.4. The van der Waals surface area contributed by atoms with Gasteiger partial charge in [0.05, 0.1) is 24.3 Å². The normalized spacial score (nSPS) is 15.5. The third kappa shape index (κ3) is 3.22. The molecule has 0 saturated heterocycles. The molecule has 4 rings (SSSR count). The molecule has 0 radical (unpaired) electrons. The van der Waals surface area contributed by atoms with Crippen LogP contribution in [0, 0.1) is 23.3 Å². The smallest absolute Gasteiger partial charge is 0.343 e. The summed E-state index contributed by atoms with van der Waals surface area (Å²) in [6.45, 7) is 2.83. The molecule has 10 heteroatoms. The molecule has 0 N–H and O–H groups in total. The van der Waals surface area contributed by atoms with E-state index in [1.807, 2.05) is 0 Å². The zero-order chi connectivity index (χ0) is 25.0. The Bertz CT molecular complexity index is 1290. The standard InChI is InChI=1S/C24H16F8O2/c1-3-33-15-9-7-12-11-5-6-13(14-8-10-16(34-4-2)22(28)20(14)26)19(25)17(11)23(29,30)24(31,32)18(12)21(15)27/h5-10H,3-4H2,1-2H3. The van der Waals surface area contributed by atoms with Crippen molar-refractivity contribution in [2.45, 2.75) is 25.7 Å². The number of halogens is 8. The third-order valence-electron chi connectivity index (χ3n) is 5.50. The number of hydrogen-bond donors (Lipinski definition) is 0. The second kappa shape index (κ2) is 8.18. The first-order valence-corrected chi connectivity index (χ1v) is 10.1. The second-order valence-electron chi connectivity index (χ2n) is 7.40. The van der Waals surface area contributed by atoms with Crippen LogP contribution in [-0.2, 0) is 11.8 Å². The SMILES string of the molecule is CCOc1ccc(-c2ccc3c(c2F)C(F)(F)C(F)(F)c2c-3ccc(OCC)c2F)c(F)c1F. The largest absolute Gasteiger partial charge is 0.491 e. The highest BCUT2D eigenvalue weighted by Crippen LogP contribution is 2.60. The van der Waals surface area contributed by atoms with Crippen molar-refractivity contribution in [3.8, 4) is 33.8 Å². The van der Waals surface area contributed by atoms with Crippen LogP contribution >= 0.6 is 0 Å². The van der Waals surface area contributed by atoms with Crippen molar-refractivity contribution in [3.63, 3.8) is 0 Å². The zero-order valence-electron chi connectivity index (χ0n) is 17.7. The Morgan fingerprint density at radius 3 is 1.44 bits per heavy atom. The highest BCUT2D eigenvalue weighted by Gasteiger charge is 2.65. The number of hydrogen-bond acceptors (Lipinski definition) is 2. The van der Waals surface area contributed by atoms with Crippen LogP contribution in [-0.4, -0.2) is 13.2 Å². The minimum atomic E-state index is -5.22. The number of benzene rings is 3. The van der Waals surface area contributed by atoms with Crippen LogP contribution in [0.1, 0.15) is 25.0 Å². The summed E-state index contributed by atoms with van der Waals surface area (Å²) in [5, 5.41) is 0. The average molecular weight is 488 g/mol. The van der Waals surface area contributed by atoms with Gasteiger partial charge in [-0.2, -0.15) is 22.0 Å². The van der Waals surface area contributed by atoms with Gasteiger partial charge in [0.15, 0.2) is 23.1 Å². The minimum absolute atomic E-state index is 0.00873. The predicted octanol–water partition coefficient (Wildman–Crippen LogP) is 7.57. The van der Waals surface area contributed by atoms with Gasteiger partial charge in [-0.05, 0) is 49.2 Å². The van der Waals surface area contributed by atoms with E-state index in [4.69, 9.17) is 9.47 Å². The molecule has 3 aromatic carbocycles. The molecule has 0 unspecified atom stereocenters. The molecule has 2 nitrogen and oxygen atoms in total. The lowest BCUT2D eigenvalue weighted by Crippen LogP contribution is -2.41. The number of rotatable bonds is 5. The van der Waals surface area contributed by atoms with E-state index in [0.29, 0.717) is 0 Å². The molecule has 1 aliphatic carbocycles. The van der Waals surface area contributed by atoms with Gasteiger partial charge in [-0.3, -0.25) is 0 Å². The van der Waals surface area contributed by atoms with Crippen molar-refractivity contribution in [2.75, 3.05) is 13.2 Å². The monoisotopic (exact) mass is 488 g/mol. The minimum Gasteiger partial charge on any atom is -0.491 e. The van der Waals surface area contributed by atoms with E-state index in [-0.39, 0.29) is 13.2 Å². The van der Waals surface area contributed by atoms with Crippen molar-refractivity contribution in [3.05, 3.63) is 70.8 Å². The zero-order valence-corrected chi connectivity index (χ0v) is 17.7. The molecular weight excluding hydrogens is 472 g/mol. The first kappa shape index (κ1) is 23.8. The fourth-order valence-electron chi connectivity index (χ4n) is 3.99. The molecule has 180 valence electrons. The fraction of sp³-hybridized carbons (Fsp3) is 0.250. The lowest BCUT2D eigenvalue weighted by atomic mass is 9.78. The molecule has 3 aromatic rings. The molecule has 0 fully saturated rings. The molecule has 0 amide bonds. The van der Waals surface area contributed by atoms with Gasteiger partial charge in [-0.25, -0.2) is 13.2 Å². The van der Waals surface area contributed by atoms with Crippen LogP contribution in [0.3, 0.4) is 0 Å². The molecule has 0 aliphatic heterocycles. The summed E-state index contributed by atoms with van der Waals surface area (Å²) in [5.41, 5.74) is -6.41. The Labute approximate surface area is 188 Å². The van der Waals surface area contributed by atoms with Gasteiger partial charge < -0.3 is 9.47 Å². The highest BCUT2D eigenvalue weighted by molar-refractivity contribution is 5.81. The maximum absolute atomic E-state index is 15.4. The lowest BCUT2D eigenvalue weighted by Gasteiger charge is -2.35. The van der Waals surface area contributed by atoms with Gasteiger partial charge in [0.1, 0.15) is 5.82 Å². The van der Waals surface area contributed by atoms with E-state index < -0.39 is 80.0 Å². The summed E-state index contributed by atoms with van der Waals surface area (Å²) in [7, 11) is 0. The van der Waals surface area contributed by atoms with Crippen LogP contribution in [0.4, 0.5) is 35.1 Å². The summed E-state index contributed by atoms with van der Waals surface area (Å²) >= 11 is 0. The molecule has 0 heterocycles. The quantitative estimate of drug-likeness (QED) is 0.345. The van der Waals surface area contributed by atoms with E-state index in [1.54, 1.807) is 0 Å². The summed E-state index contributed by atoms with van der Waals surface area (Å²) in [6.07, 6.45) is 0. The van der Waals surface area contributed by atoms with E-state index in [1.165, 1.54) is 13.8 Å². The first-order valence-electron chi connectivity index (χ1n) is 10.1. The van der Waals surface area contributed by atoms with Crippen LogP contribution in [0.25, 0.3) is 22.3 Å². The Kier molecular flexibility index (Phi) is 5.73. The number of ether oxygens (including phenoxy) is 2. The highest BCUT2D eigenvalue weighted by atomic mass is 19.3. The van der Waals surface area contributed by atoms with E-state index in [0.717, 1.165) is 36.4 Å².